The van der Waals surface area contributed by atoms with Gasteiger partial charge in [-0.25, -0.2) is 0 Å². The third-order valence-corrected chi connectivity index (χ3v) is 0.596. The molecule has 0 saturated heterocycles. The van der Waals surface area contributed by atoms with Gasteiger partial charge >= 0.3 is 0 Å². The summed E-state index contributed by atoms with van der Waals surface area (Å²) in [4.78, 5) is 0. The molecule has 0 N–H and O–H groups in total. The molecule has 0 fully saturated rings. The Morgan fingerprint density at radius 2 is 2.43 bits per heavy atom. The van der Waals surface area contributed by atoms with Crippen LogP contribution in [0.5, 0.6) is 0 Å². The van der Waals surface area contributed by atoms with E-state index in [1.54, 1.807) is 12.2 Å². The van der Waals surface area contributed by atoms with Gasteiger partial charge in [-0.3, -0.25) is 0 Å². The van der Waals surface area contributed by atoms with Gasteiger partial charge in [-0.15, -0.1) is 6.42 Å². The summed E-state index contributed by atoms with van der Waals surface area (Å²) in [7, 11) is 0. The number of terminal acetylenes is 1. The minimum absolute atomic E-state index is 0.912. The van der Waals surface area contributed by atoms with Crippen LogP contribution in [0.25, 0.3) is 0 Å². The molecule has 0 amide bonds. The monoisotopic (exact) mass is 92.1 g/mol. The Bertz CT molecular complexity index is 121. The van der Waals surface area contributed by atoms with Gasteiger partial charge in [0.05, 0.1) is 0 Å². The largest absolute Gasteiger partial charge is 0.115 e. The fourth-order valence-corrected chi connectivity index (χ4v) is 0.225. The van der Waals surface area contributed by atoms with Gasteiger partial charge in [0.15, 0.2) is 0 Å². The highest BCUT2D eigenvalue weighted by atomic mass is 13.7. The molecule has 0 saturated carbocycles. The highest BCUT2D eigenvalue weighted by molar-refractivity contribution is 5.25. The SMILES string of the molecule is C#CC(C)=CC=C. The first kappa shape index (κ1) is 6.04. The minimum atomic E-state index is 0.912. The quantitative estimate of drug-likeness (QED) is 0.341. The molecule has 0 aromatic carbocycles. The number of hydrogen-bond acceptors (Lipinski definition) is 0. The van der Waals surface area contributed by atoms with E-state index in [1.807, 2.05) is 6.92 Å². The Hall–Kier alpha value is -0.960. The van der Waals surface area contributed by atoms with Crippen LogP contribution in [0, 0.1) is 12.3 Å². The van der Waals surface area contributed by atoms with E-state index in [0.29, 0.717) is 0 Å². The van der Waals surface area contributed by atoms with E-state index in [0.717, 1.165) is 5.57 Å². The molecule has 0 atom stereocenters. The van der Waals surface area contributed by atoms with E-state index < -0.39 is 0 Å². The molecule has 0 aliphatic carbocycles. The number of rotatable bonds is 1. The van der Waals surface area contributed by atoms with Gasteiger partial charge in [0.2, 0.25) is 0 Å². The van der Waals surface area contributed by atoms with E-state index in [-0.39, 0.29) is 0 Å². The van der Waals surface area contributed by atoms with E-state index >= 15 is 0 Å². The first-order chi connectivity index (χ1) is 3.31. The predicted octanol–water partition coefficient (Wildman–Crippen LogP) is 1.75. The molecule has 0 aromatic rings. The van der Waals surface area contributed by atoms with Gasteiger partial charge < -0.3 is 0 Å². The van der Waals surface area contributed by atoms with Crippen LogP contribution in [0.3, 0.4) is 0 Å². The zero-order chi connectivity index (χ0) is 5.70. The topological polar surface area (TPSA) is 0 Å². The van der Waals surface area contributed by atoms with Crippen molar-refractivity contribution in [2.45, 2.75) is 6.92 Å². The Balaban J connectivity index is 3.80. The lowest BCUT2D eigenvalue weighted by molar-refractivity contribution is 1.59. The van der Waals surface area contributed by atoms with Crippen LogP contribution >= 0.6 is 0 Å². The van der Waals surface area contributed by atoms with Gasteiger partial charge in [0, 0.05) is 0 Å². The van der Waals surface area contributed by atoms with Crippen molar-refractivity contribution in [3.05, 3.63) is 24.3 Å². The van der Waals surface area contributed by atoms with E-state index in [1.165, 1.54) is 0 Å². The first-order valence-corrected chi connectivity index (χ1v) is 2.07. The smallest absolute Gasteiger partial charge is 0.00137 e. The van der Waals surface area contributed by atoms with Gasteiger partial charge in [0.1, 0.15) is 0 Å². The molecular weight excluding hydrogens is 84.1 g/mol. The molecular formula is C7H8. The Labute approximate surface area is 44.5 Å². The Morgan fingerprint density at radius 1 is 1.86 bits per heavy atom. The lowest BCUT2D eigenvalue weighted by Crippen LogP contribution is -1.60. The summed E-state index contributed by atoms with van der Waals surface area (Å²) in [6, 6.07) is 0. The van der Waals surface area contributed by atoms with Crippen molar-refractivity contribution in [1.29, 1.82) is 0 Å². The van der Waals surface area contributed by atoms with Crippen LogP contribution in [0.1, 0.15) is 6.92 Å². The average Bonchev–Trinajstić information content (AvgIpc) is 1.68. The summed E-state index contributed by atoms with van der Waals surface area (Å²) in [5.41, 5.74) is 0.912. The summed E-state index contributed by atoms with van der Waals surface area (Å²) in [5, 5.41) is 0. The van der Waals surface area contributed by atoms with Crippen molar-refractivity contribution in [3.63, 3.8) is 0 Å². The molecule has 0 bridgehead atoms. The minimum Gasteiger partial charge on any atom is -0.115 e. The third kappa shape index (κ3) is 2.85. The lowest BCUT2D eigenvalue weighted by Gasteiger charge is -1.76. The van der Waals surface area contributed by atoms with Gasteiger partial charge in [-0.2, -0.15) is 0 Å². The van der Waals surface area contributed by atoms with Crippen molar-refractivity contribution >= 4 is 0 Å². The van der Waals surface area contributed by atoms with E-state index in [4.69, 9.17) is 6.42 Å². The molecule has 0 rings (SSSR count). The van der Waals surface area contributed by atoms with Crippen molar-refractivity contribution in [2.75, 3.05) is 0 Å². The van der Waals surface area contributed by atoms with Crippen LogP contribution in [0.2, 0.25) is 0 Å². The molecule has 0 spiro atoms. The maximum atomic E-state index is 4.99. The van der Waals surface area contributed by atoms with Crippen molar-refractivity contribution in [1.82, 2.24) is 0 Å². The Morgan fingerprint density at radius 3 is 2.57 bits per heavy atom. The molecule has 0 heterocycles. The second kappa shape index (κ2) is 3.24. The number of hydrogen-bond donors (Lipinski definition) is 0. The zero-order valence-corrected chi connectivity index (χ0v) is 4.44. The fraction of sp³-hybridized carbons (Fsp3) is 0.143. The van der Waals surface area contributed by atoms with Gasteiger partial charge in [-0.05, 0) is 12.5 Å². The molecule has 0 aliphatic rings. The molecule has 0 unspecified atom stereocenters. The second-order valence-corrected chi connectivity index (χ2v) is 1.23. The first-order valence-electron chi connectivity index (χ1n) is 2.07. The van der Waals surface area contributed by atoms with Gasteiger partial charge in [-0.1, -0.05) is 24.7 Å². The van der Waals surface area contributed by atoms with Crippen LogP contribution in [0.15, 0.2) is 24.3 Å². The summed E-state index contributed by atoms with van der Waals surface area (Å²) >= 11 is 0. The van der Waals surface area contributed by atoms with Gasteiger partial charge in [0.25, 0.3) is 0 Å². The van der Waals surface area contributed by atoms with Crippen molar-refractivity contribution in [2.24, 2.45) is 0 Å². The maximum absolute atomic E-state index is 4.99. The highest BCUT2D eigenvalue weighted by Gasteiger charge is 1.69. The lowest BCUT2D eigenvalue weighted by atomic mass is 10.3. The third-order valence-electron chi connectivity index (χ3n) is 0.596. The zero-order valence-electron chi connectivity index (χ0n) is 4.44. The number of allylic oxidation sites excluding steroid dienone is 3. The van der Waals surface area contributed by atoms with E-state index in [9.17, 15) is 0 Å². The molecule has 7 heavy (non-hydrogen) atoms. The van der Waals surface area contributed by atoms with E-state index in [2.05, 4.69) is 12.5 Å². The van der Waals surface area contributed by atoms with Crippen LogP contribution in [-0.2, 0) is 0 Å². The predicted molar refractivity (Wildman–Crippen MR) is 32.8 cm³/mol. The molecule has 0 radical (unpaired) electrons. The van der Waals surface area contributed by atoms with Crippen molar-refractivity contribution < 1.29 is 0 Å². The normalized spacial score (nSPS) is 10.0. The van der Waals surface area contributed by atoms with Crippen LogP contribution in [0.4, 0.5) is 0 Å². The highest BCUT2D eigenvalue weighted by Crippen LogP contribution is 1.85. The molecule has 0 heteroatoms. The second-order valence-electron chi connectivity index (χ2n) is 1.23. The van der Waals surface area contributed by atoms with Crippen LogP contribution in [-0.4, -0.2) is 0 Å². The maximum Gasteiger partial charge on any atom is -0.00137 e. The summed E-state index contributed by atoms with van der Waals surface area (Å²) < 4.78 is 0. The van der Waals surface area contributed by atoms with Crippen molar-refractivity contribution in [3.8, 4) is 12.3 Å². The Kier molecular flexibility index (Phi) is 2.79. The molecule has 0 aromatic heterocycles. The summed E-state index contributed by atoms with van der Waals surface area (Å²) in [6.07, 6.45) is 8.46. The summed E-state index contributed by atoms with van der Waals surface area (Å²) in [5.74, 6) is 2.46. The molecule has 0 nitrogen and oxygen atoms in total. The fourth-order valence-electron chi connectivity index (χ4n) is 0.225. The van der Waals surface area contributed by atoms with Crippen LogP contribution < -0.4 is 0 Å². The summed E-state index contributed by atoms with van der Waals surface area (Å²) in [6.45, 7) is 5.34. The molecule has 36 valence electrons. The average molecular weight is 92.1 g/mol. The molecule has 0 aliphatic heterocycles. The standard InChI is InChI=1S/C7H8/c1-4-6-7(3)5-2/h2,4,6H,1H2,3H3.